The van der Waals surface area contributed by atoms with Crippen molar-refractivity contribution in [2.75, 3.05) is 5.32 Å². The number of nitrogens with one attached hydrogen (secondary N) is 1. The zero-order chi connectivity index (χ0) is 24.3. The molecule has 176 valence electrons. The third kappa shape index (κ3) is 3.83. The van der Waals surface area contributed by atoms with Gasteiger partial charge in [-0.25, -0.2) is 0 Å². The molecule has 0 unspecified atom stereocenters. The van der Waals surface area contributed by atoms with Crippen LogP contribution >= 0.6 is 0 Å². The van der Waals surface area contributed by atoms with Crippen molar-refractivity contribution < 1.29 is 27.1 Å². The molecule has 3 nitrogen and oxygen atoms in total. The number of hydrogen-bond donors (Lipinski definition) is 1. The summed E-state index contributed by atoms with van der Waals surface area (Å²) < 4.78 is 56.6. The molecule has 1 N–H and O–H groups in total. The van der Waals surface area contributed by atoms with E-state index in [-0.39, 0.29) is 16.9 Å². The fraction of sp³-hybridized carbons (Fsp3) is 0.296. The second kappa shape index (κ2) is 7.86. The number of Topliss-reactive ketones (excluding diaryl/α,β-unsaturated/α-hetero) is 1. The lowest BCUT2D eigenvalue weighted by molar-refractivity contribution is -0.253. The number of anilines is 1. The van der Waals surface area contributed by atoms with Crippen LogP contribution in [0.4, 0.5) is 23.2 Å². The average Bonchev–Trinajstić information content (AvgIpc) is 2.77. The van der Waals surface area contributed by atoms with Crippen molar-refractivity contribution in [1.29, 1.82) is 0 Å². The Labute approximate surface area is 194 Å². The van der Waals surface area contributed by atoms with Crippen molar-refractivity contribution in [2.45, 2.75) is 45.3 Å². The molecular weight excluding hydrogens is 446 g/mol. The largest absolute Gasteiger partial charge is 0.461 e. The van der Waals surface area contributed by atoms with Crippen molar-refractivity contribution in [1.82, 2.24) is 0 Å². The summed E-state index contributed by atoms with van der Waals surface area (Å²) >= 11 is 0. The van der Waals surface area contributed by atoms with Crippen molar-refractivity contribution in [3.63, 3.8) is 0 Å². The molecule has 0 spiro atoms. The van der Waals surface area contributed by atoms with Gasteiger partial charge in [0.05, 0.1) is 6.04 Å². The van der Waals surface area contributed by atoms with Crippen LogP contribution in [0.5, 0.6) is 5.75 Å². The lowest BCUT2D eigenvalue weighted by Crippen LogP contribution is -2.34. The topological polar surface area (TPSA) is 38.3 Å². The summed E-state index contributed by atoms with van der Waals surface area (Å²) in [5.74, 6) is -0.411. The minimum atomic E-state index is -4.61. The van der Waals surface area contributed by atoms with Crippen LogP contribution in [0, 0.1) is 5.41 Å². The lowest BCUT2D eigenvalue weighted by Gasteiger charge is -2.40. The number of ether oxygens (including phenoxy) is 1. The Hall–Kier alpha value is -3.35. The number of carbonyl (C=O) groups is 1. The van der Waals surface area contributed by atoms with Gasteiger partial charge in [-0.05, 0) is 51.9 Å². The first kappa shape index (κ1) is 22.4. The Morgan fingerprint density at radius 1 is 1.03 bits per heavy atom. The van der Waals surface area contributed by atoms with E-state index in [2.05, 4.69) is 23.9 Å². The molecule has 1 aliphatic carbocycles. The van der Waals surface area contributed by atoms with E-state index in [9.17, 15) is 22.4 Å². The predicted octanol–water partition coefficient (Wildman–Crippen LogP) is 7.39. The van der Waals surface area contributed by atoms with E-state index >= 15 is 0 Å². The zero-order valence-electron chi connectivity index (χ0n) is 18.7. The van der Waals surface area contributed by atoms with E-state index < -0.39 is 18.6 Å². The van der Waals surface area contributed by atoms with Gasteiger partial charge < -0.3 is 10.1 Å². The normalized spacial score (nSPS) is 19.6. The SMILES string of the molecule is CC1(C)CC(=O)C2=C(C1)c1c(ccc3ccccc13)N[C@H]2c1cccc(OC(F)(F)C(F)F)c1. The van der Waals surface area contributed by atoms with E-state index in [4.69, 9.17) is 0 Å². The maximum atomic E-state index is 13.5. The van der Waals surface area contributed by atoms with Crippen molar-refractivity contribution in [3.05, 3.63) is 77.4 Å². The minimum absolute atomic E-state index is 0.0217. The molecule has 3 aromatic rings. The van der Waals surface area contributed by atoms with Crippen LogP contribution < -0.4 is 10.1 Å². The van der Waals surface area contributed by atoms with Gasteiger partial charge >= 0.3 is 12.5 Å². The average molecular weight is 469 g/mol. The van der Waals surface area contributed by atoms with Crippen LogP contribution in [0.1, 0.15) is 43.9 Å². The smallest absolute Gasteiger partial charge is 0.428 e. The van der Waals surface area contributed by atoms with Gasteiger partial charge in [-0.3, -0.25) is 4.79 Å². The molecule has 0 bridgehead atoms. The highest BCUT2D eigenvalue weighted by atomic mass is 19.3. The van der Waals surface area contributed by atoms with Gasteiger partial charge in [0.1, 0.15) is 5.75 Å². The van der Waals surface area contributed by atoms with Crippen LogP contribution in [-0.2, 0) is 4.79 Å². The molecule has 1 atom stereocenters. The van der Waals surface area contributed by atoms with Crippen LogP contribution in [-0.4, -0.2) is 18.3 Å². The number of allylic oxidation sites excluding steroid dienone is 1. The highest BCUT2D eigenvalue weighted by Crippen LogP contribution is 2.52. The molecule has 0 aromatic heterocycles. The Bertz CT molecular complexity index is 1330. The number of benzene rings is 3. The molecule has 1 heterocycles. The standard InChI is InChI=1S/C27H23F4NO2/c1-26(2)13-19-22-18-9-4-3-6-15(18)10-11-20(22)32-24(23(19)21(33)14-26)16-7-5-8-17(12-16)34-27(30,31)25(28)29/h3-12,24-25,32H,13-14H2,1-2H3/t24-/m0/s1. The minimum Gasteiger partial charge on any atom is -0.428 e. The second-order valence-electron chi connectivity index (χ2n) is 9.66. The lowest BCUT2D eigenvalue weighted by atomic mass is 9.68. The van der Waals surface area contributed by atoms with Crippen LogP contribution in [0.3, 0.4) is 0 Å². The van der Waals surface area contributed by atoms with Gasteiger partial charge in [0.2, 0.25) is 0 Å². The molecule has 34 heavy (non-hydrogen) atoms. The number of rotatable bonds is 4. The molecule has 0 amide bonds. The summed E-state index contributed by atoms with van der Waals surface area (Å²) in [4.78, 5) is 13.4. The van der Waals surface area contributed by atoms with E-state index in [1.165, 1.54) is 18.2 Å². The maximum absolute atomic E-state index is 13.5. The Balaban J connectivity index is 1.66. The maximum Gasteiger partial charge on any atom is 0.461 e. The molecule has 0 saturated heterocycles. The Kier molecular flexibility index (Phi) is 5.19. The predicted molar refractivity (Wildman–Crippen MR) is 123 cm³/mol. The molecular formula is C27H23F4NO2. The number of fused-ring (bicyclic) bond motifs is 4. The zero-order valence-corrected chi connectivity index (χ0v) is 18.7. The third-order valence-electron chi connectivity index (χ3n) is 6.44. The number of ketones is 1. The molecule has 7 heteroatoms. The van der Waals surface area contributed by atoms with Gasteiger partial charge in [-0.2, -0.15) is 17.6 Å². The molecule has 0 saturated carbocycles. The first-order valence-electron chi connectivity index (χ1n) is 11.1. The van der Waals surface area contributed by atoms with Crippen LogP contribution in [0.25, 0.3) is 16.3 Å². The summed E-state index contributed by atoms with van der Waals surface area (Å²) in [6.45, 7) is 4.11. The third-order valence-corrected chi connectivity index (χ3v) is 6.44. The van der Waals surface area contributed by atoms with Gasteiger partial charge in [-0.15, -0.1) is 0 Å². The molecule has 1 aliphatic heterocycles. The van der Waals surface area contributed by atoms with Gasteiger partial charge in [0, 0.05) is 23.2 Å². The highest BCUT2D eigenvalue weighted by molar-refractivity contribution is 6.12. The van der Waals surface area contributed by atoms with E-state index in [0.717, 1.165) is 27.6 Å². The molecule has 2 aliphatic rings. The number of carbonyl (C=O) groups excluding carboxylic acids is 1. The molecule has 5 rings (SSSR count). The second-order valence-corrected chi connectivity index (χ2v) is 9.66. The Morgan fingerprint density at radius 2 is 1.79 bits per heavy atom. The van der Waals surface area contributed by atoms with Crippen LogP contribution in [0.15, 0.2) is 66.2 Å². The summed E-state index contributed by atoms with van der Waals surface area (Å²) in [7, 11) is 0. The monoisotopic (exact) mass is 469 g/mol. The Morgan fingerprint density at radius 3 is 2.56 bits per heavy atom. The number of halogens is 4. The summed E-state index contributed by atoms with van der Waals surface area (Å²) in [6.07, 6.45) is -7.55. The van der Waals surface area contributed by atoms with Crippen molar-refractivity contribution >= 4 is 27.8 Å². The summed E-state index contributed by atoms with van der Waals surface area (Å²) in [5, 5.41) is 5.48. The fourth-order valence-corrected chi connectivity index (χ4v) is 5.05. The van der Waals surface area contributed by atoms with E-state index in [0.29, 0.717) is 24.0 Å². The summed E-state index contributed by atoms with van der Waals surface area (Å²) in [6, 6.07) is 16.9. The first-order valence-corrected chi connectivity index (χ1v) is 11.1. The van der Waals surface area contributed by atoms with E-state index in [1.54, 1.807) is 6.07 Å². The fourth-order valence-electron chi connectivity index (χ4n) is 5.05. The van der Waals surface area contributed by atoms with Gasteiger partial charge in [0.15, 0.2) is 5.78 Å². The number of hydrogen-bond acceptors (Lipinski definition) is 3. The van der Waals surface area contributed by atoms with Crippen LogP contribution in [0.2, 0.25) is 0 Å². The molecule has 0 fully saturated rings. The first-order chi connectivity index (χ1) is 16.1. The van der Waals surface area contributed by atoms with Gasteiger partial charge in [0.25, 0.3) is 0 Å². The molecule has 0 radical (unpaired) electrons. The molecule has 3 aromatic carbocycles. The quantitative estimate of drug-likeness (QED) is 0.405. The summed E-state index contributed by atoms with van der Waals surface area (Å²) in [5.41, 5.74) is 3.57. The van der Waals surface area contributed by atoms with Crippen molar-refractivity contribution in [3.8, 4) is 5.75 Å². The highest BCUT2D eigenvalue weighted by Gasteiger charge is 2.44. The van der Waals surface area contributed by atoms with E-state index in [1.807, 2.05) is 36.4 Å². The number of alkyl halides is 4. The van der Waals surface area contributed by atoms with Crippen molar-refractivity contribution in [2.24, 2.45) is 5.41 Å². The van der Waals surface area contributed by atoms with Gasteiger partial charge in [-0.1, -0.05) is 56.3 Å².